The standard InChI is InChI=1S/C7H6BrN3OS/c1-13(12,10-5-9)7-4-2-3-6(8)11-7/h2-4H,1H3. The van der Waals surface area contributed by atoms with E-state index in [1.54, 1.807) is 18.2 Å². The summed E-state index contributed by atoms with van der Waals surface area (Å²) in [5, 5.41) is 8.61. The molecule has 1 heterocycles. The van der Waals surface area contributed by atoms with Crippen molar-refractivity contribution in [3.8, 4) is 6.19 Å². The van der Waals surface area contributed by atoms with Crippen molar-refractivity contribution in [3.05, 3.63) is 22.8 Å². The van der Waals surface area contributed by atoms with Crippen LogP contribution in [-0.2, 0) is 9.73 Å². The Morgan fingerprint density at radius 1 is 1.69 bits per heavy atom. The van der Waals surface area contributed by atoms with Crippen LogP contribution in [0.5, 0.6) is 0 Å². The Bertz CT molecular complexity index is 471. The highest BCUT2D eigenvalue weighted by Crippen LogP contribution is 2.12. The Balaban J connectivity index is 3.34. The molecule has 1 rings (SSSR count). The van der Waals surface area contributed by atoms with Gasteiger partial charge in [-0.3, -0.25) is 0 Å². The zero-order valence-electron chi connectivity index (χ0n) is 6.77. The van der Waals surface area contributed by atoms with Gasteiger partial charge in [-0.05, 0) is 28.1 Å². The van der Waals surface area contributed by atoms with E-state index in [0.29, 0.717) is 9.63 Å². The quantitative estimate of drug-likeness (QED) is 0.571. The van der Waals surface area contributed by atoms with Crippen molar-refractivity contribution in [2.24, 2.45) is 4.36 Å². The minimum atomic E-state index is -2.66. The normalized spacial score (nSPS) is 14.2. The van der Waals surface area contributed by atoms with E-state index in [1.807, 2.05) is 0 Å². The van der Waals surface area contributed by atoms with Gasteiger partial charge in [0.2, 0.25) is 6.19 Å². The van der Waals surface area contributed by atoms with Gasteiger partial charge in [-0.1, -0.05) is 6.07 Å². The topological polar surface area (TPSA) is 66.1 Å². The predicted molar refractivity (Wildman–Crippen MR) is 52.3 cm³/mol. The molecule has 0 N–H and O–H groups in total. The molecule has 0 amide bonds. The van der Waals surface area contributed by atoms with Gasteiger partial charge in [-0.25, -0.2) is 9.19 Å². The van der Waals surface area contributed by atoms with Gasteiger partial charge < -0.3 is 0 Å². The minimum absolute atomic E-state index is 0.309. The molecule has 1 aromatic heterocycles. The van der Waals surface area contributed by atoms with Gasteiger partial charge in [-0.15, -0.1) is 4.36 Å². The van der Waals surface area contributed by atoms with Crippen LogP contribution in [0.3, 0.4) is 0 Å². The summed E-state index contributed by atoms with van der Waals surface area (Å²) in [6, 6.07) is 4.99. The molecule has 0 aliphatic heterocycles. The first-order valence-electron chi connectivity index (χ1n) is 3.29. The lowest BCUT2D eigenvalue weighted by molar-refractivity contribution is 0.677. The lowest BCUT2D eigenvalue weighted by Crippen LogP contribution is -1.99. The van der Waals surface area contributed by atoms with Crippen LogP contribution in [-0.4, -0.2) is 15.4 Å². The van der Waals surface area contributed by atoms with E-state index in [1.165, 1.54) is 12.4 Å². The van der Waals surface area contributed by atoms with E-state index < -0.39 is 9.73 Å². The lowest BCUT2D eigenvalue weighted by Gasteiger charge is -1.99. The molecule has 68 valence electrons. The third kappa shape index (κ3) is 2.50. The van der Waals surface area contributed by atoms with E-state index in [2.05, 4.69) is 25.3 Å². The van der Waals surface area contributed by atoms with Crippen molar-refractivity contribution in [1.29, 1.82) is 5.26 Å². The fourth-order valence-electron chi connectivity index (χ4n) is 0.725. The molecule has 1 unspecified atom stereocenters. The summed E-state index contributed by atoms with van der Waals surface area (Å²) < 4.78 is 15.6. The highest BCUT2D eigenvalue weighted by Gasteiger charge is 2.06. The summed E-state index contributed by atoms with van der Waals surface area (Å²) in [7, 11) is -2.66. The number of pyridine rings is 1. The molecule has 0 fully saturated rings. The van der Waals surface area contributed by atoms with Crippen LogP contribution in [0, 0.1) is 11.5 Å². The lowest BCUT2D eigenvalue weighted by atomic mass is 10.5. The maximum Gasteiger partial charge on any atom is 0.215 e. The molecule has 4 nitrogen and oxygen atoms in total. The number of aromatic nitrogens is 1. The molecule has 1 aromatic rings. The summed E-state index contributed by atoms with van der Waals surface area (Å²) in [6.07, 6.45) is 2.90. The van der Waals surface area contributed by atoms with Crippen LogP contribution >= 0.6 is 15.9 Å². The van der Waals surface area contributed by atoms with Crippen molar-refractivity contribution >= 4 is 25.7 Å². The summed E-state index contributed by atoms with van der Waals surface area (Å²) in [5.41, 5.74) is 0. The Hall–Kier alpha value is -0.930. The number of nitrogens with zero attached hydrogens (tertiary/aromatic N) is 3. The van der Waals surface area contributed by atoms with E-state index in [4.69, 9.17) is 5.26 Å². The maximum absolute atomic E-state index is 11.7. The second kappa shape index (κ2) is 3.85. The average Bonchev–Trinajstić information content (AvgIpc) is 2.04. The molecule has 0 bridgehead atoms. The molecule has 0 radical (unpaired) electrons. The zero-order chi connectivity index (χ0) is 9.90. The van der Waals surface area contributed by atoms with Crippen LogP contribution < -0.4 is 0 Å². The largest absolute Gasteiger partial charge is 0.242 e. The molecule has 0 aliphatic rings. The van der Waals surface area contributed by atoms with Crippen molar-refractivity contribution in [2.75, 3.05) is 6.26 Å². The smallest absolute Gasteiger partial charge is 0.215 e. The van der Waals surface area contributed by atoms with Gasteiger partial charge in [0.15, 0.2) is 0 Å². The van der Waals surface area contributed by atoms with E-state index in [9.17, 15) is 4.21 Å². The Labute approximate surface area is 84.9 Å². The van der Waals surface area contributed by atoms with E-state index in [0.717, 1.165) is 0 Å². The zero-order valence-corrected chi connectivity index (χ0v) is 9.17. The average molecular weight is 260 g/mol. The molecule has 0 aliphatic carbocycles. The van der Waals surface area contributed by atoms with Crippen molar-refractivity contribution in [3.63, 3.8) is 0 Å². The minimum Gasteiger partial charge on any atom is -0.242 e. The van der Waals surface area contributed by atoms with Gasteiger partial charge in [0, 0.05) is 6.26 Å². The second-order valence-corrected chi connectivity index (χ2v) is 5.31. The summed E-state index contributed by atoms with van der Waals surface area (Å²) in [5.74, 6) is 0. The Kier molecular flexibility index (Phi) is 3.01. The number of halogens is 1. The monoisotopic (exact) mass is 259 g/mol. The first-order chi connectivity index (χ1) is 6.06. The number of hydrogen-bond donors (Lipinski definition) is 0. The molecule has 6 heteroatoms. The highest BCUT2D eigenvalue weighted by atomic mass is 79.9. The second-order valence-electron chi connectivity index (χ2n) is 2.29. The number of hydrogen-bond acceptors (Lipinski definition) is 4. The van der Waals surface area contributed by atoms with Crippen LogP contribution in [0.4, 0.5) is 0 Å². The van der Waals surface area contributed by atoms with E-state index >= 15 is 0 Å². The fourth-order valence-corrected chi connectivity index (χ4v) is 2.03. The van der Waals surface area contributed by atoms with Gasteiger partial charge in [0.05, 0.1) is 0 Å². The molecule has 0 saturated carbocycles. The molecular weight excluding hydrogens is 254 g/mol. The van der Waals surface area contributed by atoms with Crippen molar-refractivity contribution in [2.45, 2.75) is 5.03 Å². The SMILES string of the molecule is CS(=O)(=NC#N)c1cccc(Br)n1. The highest BCUT2D eigenvalue weighted by molar-refractivity contribution is 9.10. The van der Waals surface area contributed by atoms with E-state index in [-0.39, 0.29) is 0 Å². The number of nitriles is 1. The first-order valence-corrected chi connectivity index (χ1v) is 6.01. The maximum atomic E-state index is 11.7. The Morgan fingerprint density at radius 3 is 2.92 bits per heavy atom. The molecule has 0 saturated heterocycles. The van der Waals surface area contributed by atoms with Crippen molar-refractivity contribution < 1.29 is 4.21 Å². The summed E-state index contributed by atoms with van der Waals surface area (Å²) >= 11 is 3.14. The summed E-state index contributed by atoms with van der Waals surface area (Å²) in [6.45, 7) is 0. The molecule has 13 heavy (non-hydrogen) atoms. The summed E-state index contributed by atoms with van der Waals surface area (Å²) in [4.78, 5) is 3.96. The molecular formula is C7H6BrN3OS. The van der Waals surface area contributed by atoms with Crippen molar-refractivity contribution in [1.82, 2.24) is 4.98 Å². The fraction of sp³-hybridized carbons (Fsp3) is 0.143. The van der Waals surface area contributed by atoms with Crippen LogP contribution in [0.15, 0.2) is 32.2 Å². The van der Waals surface area contributed by atoms with Crippen LogP contribution in [0.25, 0.3) is 0 Å². The molecule has 1 atom stereocenters. The van der Waals surface area contributed by atoms with Crippen LogP contribution in [0.2, 0.25) is 0 Å². The van der Waals surface area contributed by atoms with Gasteiger partial charge in [-0.2, -0.15) is 5.26 Å². The third-order valence-electron chi connectivity index (χ3n) is 1.29. The van der Waals surface area contributed by atoms with Gasteiger partial charge in [0.25, 0.3) is 0 Å². The Morgan fingerprint density at radius 2 is 2.38 bits per heavy atom. The predicted octanol–water partition coefficient (Wildman–Crippen LogP) is 1.78. The van der Waals surface area contributed by atoms with Crippen LogP contribution in [0.1, 0.15) is 0 Å². The molecule has 0 spiro atoms. The number of rotatable bonds is 1. The van der Waals surface area contributed by atoms with Gasteiger partial charge in [0.1, 0.15) is 19.4 Å². The first kappa shape index (κ1) is 10.2. The molecule has 0 aromatic carbocycles. The third-order valence-corrected chi connectivity index (χ3v) is 3.17. The van der Waals surface area contributed by atoms with Gasteiger partial charge >= 0.3 is 0 Å².